The van der Waals surface area contributed by atoms with Gasteiger partial charge in [0.05, 0.1) is 93.1 Å². The molecule has 30 nitrogen and oxygen atoms in total. The van der Waals surface area contributed by atoms with E-state index in [0.29, 0.717) is 68.1 Å². The number of hydrogen-bond donors (Lipinski definition) is 3. The van der Waals surface area contributed by atoms with E-state index in [2.05, 4.69) is 57.4 Å². The number of nitriles is 1. The summed E-state index contributed by atoms with van der Waals surface area (Å²) in [6.45, 7) is 22.6. The van der Waals surface area contributed by atoms with Crippen molar-refractivity contribution in [1.82, 2.24) is 28.8 Å². The Morgan fingerprint density at radius 2 is 0.866 bits per heavy atom. The smallest absolute Gasteiger partial charge is 0.492 e. The number of nitrogens with one attached hydrogen (secondary N) is 1. The molecular weight excluding hydrogens is 1810 g/mol. The molecule has 0 radical (unpaired) electrons. The molecule has 134 heavy (non-hydrogen) atoms. The highest BCUT2D eigenvalue weighted by Gasteiger charge is 2.37. The summed E-state index contributed by atoms with van der Waals surface area (Å²) < 4.78 is 222. The van der Waals surface area contributed by atoms with Crippen LogP contribution in [-0.4, -0.2) is 197 Å². The molecule has 0 amide bonds. The highest BCUT2D eigenvalue weighted by atomic mass is 19.2. The summed E-state index contributed by atoms with van der Waals surface area (Å²) in [5, 5.41) is 27.9. The second kappa shape index (κ2) is 55.1. The molecule has 3 aromatic heterocycles. The molecule has 0 atom stereocenters. The van der Waals surface area contributed by atoms with E-state index in [1.165, 1.54) is 57.1 Å². The first-order valence-electron chi connectivity index (χ1n) is 41.0. The number of hydrogen-bond acceptors (Lipinski definition) is 25. The van der Waals surface area contributed by atoms with Gasteiger partial charge in [0.25, 0.3) is 0 Å². The summed E-state index contributed by atoms with van der Waals surface area (Å²) in [6, 6.07) is 4.93. The summed E-state index contributed by atoms with van der Waals surface area (Å²) >= 11 is 0. The lowest BCUT2D eigenvalue weighted by Crippen LogP contribution is -2.44. The minimum atomic E-state index is -3.40. The number of aromatic nitrogens is 3. The second-order valence-corrected chi connectivity index (χ2v) is 28.2. The van der Waals surface area contributed by atoms with Gasteiger partial charge >= 0.3 is 43.5 Å². The molecule has 5 heterocycles. The van der Waals surface area contributed by atoms with Crippen LogP contribution in [0.25, 0.3) is 32.7 Å². The van der Waals surface area contributed by atoms with E-state index in [-0.39, 0.29) is 99.8 Å². The number of aromatic carboxylic acids is 2. The Balaban J connectivity index is 0.000000411. The predicted molar refractivity (Wildman–Crippen MR) is 463 cm³/mol. The predicted octanol–water partition coefficient (Wildman–Crippen LogP) is 15.8. The van der Waals surface area contributed by atoms with Gasteiger partial charge in [-0.25, -0.2) is 63.3 Å². The number of esters is 2. The molecular formula is C89H103BF14N8O22. The minimum Gasteiger partial charge on any atom is -0.492 e. The number of Topliss-reactive ketones (excluding diaryl/α,β-unsaturated/α-hetero) is 1. The van der Waals surface area contributed by atoms with Gasteiger partial charge in [-0.2, -0.15) is 32.4 Å². The Kier molecular flexibility index (Phi) is 47.2. The van der Waals surface area contributed by atoms with Crippen molar-refractivity contribution in [1.29, 1.82) is 5.26 Å². The zero-order chi connectivity index (χ0) is 98.8. The lowest BCUT2D eigenvalue weighted by atomic mass is 10.0. The first kappa shape index (κ1) is 115. The molecule has 0 spiro atoms. The van der Waals surface area contributed by atoms with Crippen molar-refractivity contribution in [2.75, 3.05) is 119 Å². The van der Waals surface area contributed by atoms with Gasteiger partial charge in [0.1, 0.15) is 33.5 Å². The summed E-state index contributed by atoms with van der Waals surface area (Å²) in [5.41, 5.74) is -4.99. The molecule has 3 N–H and O–H groups in total. The zero-order valence-electron chi connectivity index (χ0n) is 74.5. The summed E-state index contributed by atoms with van der Waals surface area (Å²) in [5.74, 6) is -24.4. The number of carboxylic acids is 2. The van der Waals surface area contributed by atoms with Crippen LogP contribution in [0.4, 0.5) is 67.3 Å². The molecule has 45 heteroatoms. The number of benzene rings is 5. The first-order valence-corrected chi connectivity index (χ1v) is 41.0. The molecule has 5 aliphatic rings. The Morgan fingerprint density at radius 1 is 0.515 bits per heavy atom. The lowest BCUT2D eigenvalue weighted by Gasteiger charge is -2.31. The highest BCUT2D eigenvalue weighted by molar-refractivity contribution is 6.38. The number of ketones is 1. The lowest BCUT2D eigenvalue weighted by molar-refractivity contribution is -0.191. The third-order valence-corrected chi connectivity index (χ3v) is 19.7. The van der Waals surface area contributed by atoms with E-state index in [9.17, 15) is 105 Å². The molecule has 3 saturated carbocycles. The zero-order valence-corrected chi connectivity index (χ0v) is 74.5. The monoisotopic (exact) mass is 1910 g/mol. The largest absolute Gasteiger partial charge is 0.798 e. The van der Waals surface area contributed by atoms with Gasteiger partial charge in [0.2, 0.25) is 45.3 Å². The number of ether oxygens (including phenoxy) is 8. The van der Waals surface area contributed by atoms with Crippen LogP contribution in [0.1, 0.15) is 191 Å². The molecule has 2 aliphatic heterocycles. The fourth-order valence-corrected chi connectivity index (χ4v) is 13.0. The van der Waals surface area contributed by atoms with Crippen LogP contribution >= 0.6 is 0 Å². The van der Waals surface area contributed by atoms with Crippen LogP contribution in [0.3, 0.4) is 0 Å². The van der Waals surface area contributed by atoms with Crippen LogP contribution in [0.2, 0.25) is 0 Å². The molecule has 0 unspecified atom stereocenters. The number of pyridine rings is 3. The number of piperazine rings is 1. The van der Waals surface area contributed by atoms with Crippen molar-refractivity contribution in [3.8, 4) is 34.8 Å². The van der Waals surface area contributed by atoms with E-state index < -0.39 is 163 Å². The fourth-order valence-electron chi connectivity index (χ4n) is 13.0. The average Bonchev–Trinajstić information content (AvgIpc) is 1.06. The Bertz CT molecular complexity index is 5780. The molecule has 5 aromatic carbocycles. The van der Waals surface area contributed by atoms with Crippen molar-refractivity contribution >= 4 is 87.6 Å². The number of rotatable bonds is 26. The van der Waals surface area contributed by atoms with Gasteiger partial charge in [-0.05, 0) is 136 Å². The fraction of sp³-hybridized carbons (Fsp3) is 0.427. The van der Waals surface area contributed by atoms with Crippen LogP contribution in [-0.2, 0) is 33.2 Å². The number of methoxy groups -OCH3 is 5. The molecule has 3 aliphatic carbocycles. The first-order chi connectivity index (χ1) is 62.8. The van der Waals surface area contributed by atoms with Gasteiger partial charge in [0.15, 0.2) is 69.5 Å². The third-order valence-electron chi connectivity index (χ3n) is 19.7. The van der Waals surface area contributed by atoms with Gasteiger partial charge < -0.3 is 86.5 Å². The summed E-state index contributed by atoms with van der Waals surface area (Å²) in [6.07, 6.45) is 18.0. The van der Waals surface area contributed by atoms with E-state index in [0.717, 1.165) is 111 Å². The summed E-state index contributed by atoms with van der Waals surface area (Å²) in [4.78, 5) is 130. The van der Waals surface area contributed by atoms with Crippen LogP contribution in [0, 0.1) is 75.3 Å². The Hall–Kier alpha value is -13.5. The van der Waals surface area contributed by atoms with Crippen molar-refractivity contribution in [3.63, 3.8) is 0 Å². The number of allylic oxidation sites excluding steroid dienone is 1. The SMILES string of the molecule is C.C1CCOC1.CC#N.CC/C=C/N(CC)CC.CCOC(=O)/C(=C\N(CC)CC)C(=O)c1cc(F)c(F)c(OC)c1F.CCOC(=O)c1cn(C2CC2)c2c(OC)c(F)c(F)cc2c1=O.COc1c(F)c(F)cc(C(=O)O)c1F.COc1c(F)c(F)cc2c(=O)c(C(=O)OB(F)F)cn(C3CC3)c12.COc1c(N2CCNCC2)c(F)cc2c(=O)c(C(=O)O)cn(C3CC3)c12.F.O=C=O. The van der Waals surface area contributed by atoms with E-state index in [1.54, 1.807) is 47.8 Å². The highest BCUT2D eigenvalue weighted by Crippen LogP contribution is 2.46. The average molecular weight is 1910 g/mol. The number of fused-ring (bicyclic) bond motifs is 3. The summed E-state index contributed by atoms with van der Waals surface area (Å²) in [7, 11) is 2.21. The maximum absolute atomic E-state index is 15.0. The Morgan fingerprint density at radius 3 is 1.22 bits per heavy atom. The quantitative estimate of drug-likeness (QED) is 0.00662. The van der Waals surface area contributed by atoms with Crippen molar-refractivity contribution in [2.45, 2.75) is 139 Å². The molecule has 0 bridgehead atoms. The third kappa shape index (κ3) is 29.3. The molecule has 732 valence electrons. The second-order valence-electron chi connectivity index (χ2n) is 28.2. The topological polar surface area (TPSA) is 372 Å². The maximum atomic E-state index is 15.0. The number of nitrogens with zero attached hydrogens (tertiary/aromatic N) is 7. The number of anilines is 1. The van der Waals surface area contributed by atoms with Gasteiger partial charge in [0, 0.05) is 115 Å². The maximum Gasteiger partial charge on any atom is 0.798 e. The van der Waals surface area contributed by atoms with Gasteiger partial charge in [-0.3, -0.25) is 23.9 Å². The van der Waals surface area contributed by atoms with E-state index in [1.807, 2.05) is 4.90 Å². The van der Waals surface area contributed by atoms with Gasteiger partial charge in [-0.15, -0.1) is 0 Å². The molecule has 5 fully saturated rings. The van der Waals surface area contributed by atoms with Crippen molar-refractivity contribution < 1.29 is 153 Å². The minimum absolute atomic E-state index is 0. The van der Waals surface area contributed by atoms with E-state index >= 15 is 0 Å². The molecule has 2 saturated heterocycles. The standard InChI is InChI=1S/C18H20FN3O4.C17H20F3NO4.C16H15F2NO4.C14H10BF4NO4.C8H5F3O3.C8H17N.C4H8O.C2H3N.CO2.CH4.FH/c1-26-17-14-11(8-13(19)15(17)21-6-4-20-5-7-21)16(23)12(18(24)25)9-22(14)10-2-3-10;1-5-21(6-2)9-11(17(23)25-7-3)15(22)10-8-12(18)14(20)16(24-4)13(10)19;1-3-23-16(21)10-7-19(8-4-5-8)13-9(14(10)20)6-11(17)12(18)15(13)22-2;1-23-13-10(17)9(16)4-7-11(13)20(6-2-3-6)5-8(12(7)21)14(22)24-15(18)19;1-14-7-5(10)3(8(12)13)2-4(9)6(7)11;1-4-7-8-9(5-2)6-3;1-2-4-5-3-1;1-2-3;2-1-3;;/h8-10,20H,2-7H2,1H3,(H,24,25);8-9H,5-7H2,1-4H3;6-8H,3-5H2,1-2H3;4-6H,2-3H2,1H3;2H,1H3,(H,12,13);7-8H,4-6H2,1-3H3;1-4H2;1H3;;1H4;1H/b;11-9-;;;;8-7+;;;;;. The molecule has 8 aromatic rings. The van der Waals surface area contributed by atoms with Crippen molar-refractivity contribution in [2.24, 2.45) is 0 Å². The van der Waals surface area contributed by atoms with Gasteiger partial charge in [-0.1, -0.05) is 20.4 Å². The number of halogens is 14. The van der Waals surface area contributed by atoms with Crippen LogP contribution < -0.4 is 50.2 Å². The number of carboxylic acid groups (broad SMARTS) is 2. The van der Waals surface area contributed by atoms with E-state index in [4.69, 9.17) is 48.4 Å². The number of carbonyl (C=O) groups is 6. The normalized spacial score (nSPS) is 13.2. The van der Waals surface area contributed by atoms with Crippen LogP contribution in [0.15, 0.2) is 87.4 Å². The number of carbonyl (C=O) groups excluding carboxylic acids is 6. The molecule has 13 rings (SSSR count). The van der Waals surface area contributed by atoms with Crippen molar-refractivity contribution in [3.05, 3.63) is 195 Å². The Labute approximate surface area is 759 Å². The van der Waals surface area contributed by atoms with Crippen LogP contribution in [0.5, 0.6) is 28.7 Å².